The Morgan fingerprint density at radius 2 is 2.17 bits per heavy atom. The molecule has 2 nitrogen and oxygen atoms in total. The molecule has 2 unspecified atom stereocenters. The van der Waals surface area contributed by atoms with Crippen molar-refractivity contribution in [2.75, 3.05) is 0 Å². The van der Waals surface area contributed by atoms with Gasteiger partial charge < -0.3 is 0 Å². The van der Waals surface area contributed by atoms with Crippen LogP contribution < -0.4 is 0 Å². The first-order valence-corrected chi connectivity index (χ1v) is 6.42. The third-order valence-electron chi connectivity index (χ3n) is 4.48. The Balaban J connectivity index is 1.86. The molecule has 92 valence electrons. The fourth-order valence-electron chi connectivity index (χ4n) is 3.17. The maximum Gasteiger partial charge on any atom is 0.159 e. The van der Waals surface area contributed by atoms with Crippen molar-refractivity contribution >= 4 is 11.9 Å². The van der Waals surface area contributed by atoms with E-state index in [1.807, 2.05) is 30.5 Å². The molecule has 1 aromatic rings. The summed E-state index contributed by atoms with van der Waals surface area (Å²) in [6, 6.07) is 3.94. The number of carbonyl (C=O) groups is 1. The molecule has 2 atom stereocenters. The van der Waals surface area contributed by atoms with E-state index in [2.05, 4.69) is 24.9 Å². The first kappa shape index (κ1) is 11.4. The van der Waals surface area contributed by atoms with Crippen molar-refractivity contribution < 1.29 is 4.79 Å². The summed E-state index contributed by atoms with van der Waals surface area (Å²) < 4.78 is 0. The molecule has 4 rings (SSSR count). The van der Waals surface area contributed by atoms with Crippen molar-refractivity contribution in [1.29, 1.82) is 0 Å². The van der Waals surface area contributed by atoms with Crippen LogP contribution in [-0.2, 0) is 4.79 Å². The van der Waals surface area contributed by atoms with Gasteiger partial charge in [0.1, 0.15) is 0 Å². The standard InChI is InChI=1S/C16H17NO/c1-16(2)13-9-14(16)15(18)8-12(13)6-5-11-4-3-7-17-10-11/h3-8,10,13-14H,9H2,1-2H3/b6-5+. The van der Waals surface area contributed by atoms with Gasteiger partial charge >= 0.3 is 0 Å². The van der Waals surface area contributed by atoms with Gasteiger partial charge in [0.2, 0.25) is 0 Å². The van der Waals surface area contributed by atoms with E-state index >= 15 is 0 Å². The second-order valence-corrected chi connectivity index (χ2v) is 5.83. The van der Waals surface area contributed by atoms with Crippen LogP contribution in [0.4, 0.5) is 0 Å². The minimum absolute atomic E-state index is 0.139. The van der Waals surface area contributed by atoms with Gasteiger partial charge in [0.25, 0.3) is 0 Å². The minimum Gasteiger partial charge on any atom is -0.295 e. The van der Waals surface area contributed by atoms with Gasteiger partial charge in [-0.25, -0.2) is 0 Å². The quantitative estimate of drug-likeness (QED) is 0.792. The van der Waals surface area contributed by atoms with Gasteiger partial charge in [-0.3, -0.25) is 9.78 Å². The highest BCUT2D eigenvalue weighted by molar-refractivity contribution is 5.96. The molecule has 3 aliphatic carbocycles. The average molecular weight is 239 g/mol. The first-order valence-electron chi connectivity index (χ1n) is 6.42. The Kier molecular flexibility index (Phi) is 2.47. The molecular formula is C16H17NO. The summed E-state index contributed by atoms with van der Waals surface area (Å²) in [6.07, 6.45) is 10.6. The maximum atomic E-state index is 11.9. The summed E-state index contributed by atoms with van der Waals surface area (Å²) in [5.41, 5.74) is 2.39. The van der Waals surface area contributed by atoms with Crippen molar-refractivity contribution in [3.8, 4) is 0 Å². The van der Waals surface area contributed by atoms with E-state index < -0.39 is 0 Å². The first-order chi connectivity index (χ1) is 8.59. The van der Waals surface area contributed by atoms with E-state index in [4.69, 9.17) is 0 Å². The molecular weight excluding hydrogens is 222 g/mol. The fourth-order valence-corrected chi connectivity index (χ4v) is 3.17. The second kappa shape index (κ2) is 3.91. The predicted molar refractivity (Wildman–Crippen MR) is 71.7 cm³/mol. The molecule has 1 saturated carbocycles. The molecule has 1 fully saturated rings. The number of ketones is 1. The molecule has 18 heavy (non-hydrogen) atoms. The van der Waals surface area contributed by atoms with Gasteiger partial charge in [0, 0.05) is 18.3 Å². The Morgan fingerprint density at radius 1 is 1.33 bits per heavy atom. The van der Waals surface area contributed by atoms with E-state index in [-0.39, 0.29) is 11.3 Å². The van der Waals surface area contributed by atoms with Crippen LogP contribution in [0.15, 0.2) is 42.3 Å². The van der Waals surface area contributed by atoms with Crippen LogP contribution in [0.25, 0.3) is 6.08 Å². The van der Waals surface area contributed by atoms with Gasteiger partial charge in [-0.15, -0.1) is 0 Å². The molecule has 1 heterocycles. The number of allylic oxidation sites excluding steroid dienone is 3. The zero-order valence-corrected chi connectivity index (χ0v) is 10.8. The lowest BCUT2D eigenvalue weighted by molar-refractivity contribution is -0.133. The molecule has 0 saturated heterocycles. The topological polar surface area (TPSA) is 30.0 Å². The van der Waals surface area contributed by atoms with Crippen LogP contribution in [0.2, 0.25) is 0 Å². The Bertz CT molecular complexity index is 539. The normalized spacial score (nSPS) is 29.0. The van der Waals surface area contributed by atoms with Crippen LogP contribution in [0.1, 0.15) is 25.8 Å². The summed E-state index contributed by atoms with van der Waals surface area (Å²) in [4.78, 5) is 16.0. The van der Waals surface area contributed by atoms with E-state index in [9.17, 15) is 4.79 Å². The molecule has 3 aliphatic rings. The lowest BCUT2D eigenvalue weighted by Crippen LogP contribution is -2.52. The molecule has 0 radical (unpaired) electrons. The number of nitrogens with zero attached hydrogens (tertiary/aromatic N) is 1. The summed E-state index contributed by atoms with van der Waals surface area (Å²) in [5.74, 6) is 1.08. The SMILES string of the molecule is CC1(C)C2CC1C(/C=C/c1cccnc1)=CC2=O. The smallest absolute Gasteiger partial charge is 0.159 e. The van der Waals surface area contributed by atoms with Crippen molar-refractivity contribution in [3.63, 3.8) is 0 Å². The van der Waals surface area contributed by atoms with E-state index in [1.165, 1.54) is 5.57 Å². The highest BCUT2D eigenvalue weighted by Crippen LogP contribution is 2.58. The fraction of sp³-hybridized carbons (Fsp3) is 0.375. The zero-order chi connectivity index (χ0) is 12.8. The average Bonchev–Trinajstić information content (AvgIpc) is 2.36. The van der Waals surface area contributed by atoms with Crippen LogP contribution in [-0.4, -0.2) is 10.8 Å². The summed E-state index contributed by atoms with van der Waals surface area (Å²) >= 11 is 0. The van der Waals surface area contributed by atoms with Crippen molar-refractivity contribution in [2.45, 2.75) is 20.3 Å². The van der Waals surface area contributed by atoms with Gasteiger partial charge in [-0.05, 0) is 41.0 Å². The molecule has 1 aromatic heterocycles. The molecule has 2 heteroatoms. The number of pyridine rings is 1. The Labute approximate surface area is 107 Å². The number of aromatic nitrogens is 1. The zero-order valence-electron chi connectivity index (χ0n) is 10.8. The molecule has 0 aromatic carbocycles. The van der Waals surface area contributed by atoms with Crippen LogP contribution >= 0.6 is 0 Å². The number of hydrogen-bond donors (Lipinski definition) is 0. The molecule has 0 amide bonds. The van der Waals surface area contributed by atoms with Crippen molar-refractivity contribution in [1.82, 2.24) is 4.98 Å². The monoisotopic (exact) mass is 239 g/mol. The highest BCUT2D eigenvalue weighted by atomic mass is 16.1. The van der Waals surface area contributed by atoms with Gasteiger partial charge in [-0.1, -0.05) is 32.1 Å². The minimum atomic E-state index is 0.139. The van der Waals surface area contributed by atoms with Crippen molar-refractivity contribution in [3.05, 3.63) is 47.8 Å². The number of carbonyl (C=O) groups excluding carboxylic acids is 1. The maximum absolute atomic E-state index is 11.9. The molecule has 0 aliphatic heterocycles. The third-order valence-corrected chi connectivity index (χ3v) is 4.48. The van der Waals surface area contributed by atoms with Crippen molar-refractivity contribution in [2.24, 2.45) is 17.3 Å². The lowest BCUT2D eigenvalue weighted by Gasteiger charge is -2.54. The predicted octanol–water partition coefficient (Wildman–Crippen LogP) is 3.27. The van der Waals surface area contributed by atoms with E-state index in [0.717, 1.165) is 12.0 Å². The van der Waals surface area contributed by atoms with Crippen LogP contribution in [0.5, 0.6) is 0 Å². The van der Waals surface area contributed by atoms with Gasteiger partial charge in [0.05, 0.1) is 0 Å². The molecule has 0 N–H and O–H groups in total. The molecule has 0 spiro atoms. The lowest BCUT2D eigenvalue weighted by atomic mass is 9.48. The number of hydrogen-bond acceptors (Lipinski definition) is 2. The third kappa shape index (κ3) is 1.64. The van der Waals surface area contributed by atoms with E-state index in [0.29, 0.717) is 11.7 Å². The summed E-state index contributed by atoms with van der Waals surface area (Å²) in [7, 11) is 0. The van der Waals surface area contributed by atoms with Gasteiger partial charge in [-0.2, -0.15) is 0 Å². The van der Waals surface area contributed by atoms with Crippen LogP contribution in [0, 0.1) is 17.3 Å². The summed E-state index contributed by atoms with van der Waals surface area (Å²) in [5, 5.41) is 0. The Hall–Kier alpha value is -1.70. The highest BCUT2D eigenvalue weighted by Gasteiger charge is 2.54. The number of fused-ring (bicyclic) bond motifs is 1. The van der Waals surface area contributed by atoms with Gasteiger partial charge in [0.15, 0.2) is 5.78 Å². The number of rotatable bonds is 2. The second-order valence-electron chi connectivity index (χ2n) is 5.83. The molecule has 2 bridgehead atoms. The Morgan fingerprint density at radius 3 is 2.78 bits per heavy atom. The summed E-state index contributed by atoms with van der Waals surface area (Å²) in [6.45, 7) is 4.41. The van der Waals surface area contributed by atoms with E-state index in [1.54, 1.807) is 6.20 Å². The van der Waals surface area contributed by atoms with Crippen LogP contribution in [0.3, 0.4) is 0 Å². The largest absolute Gasteiger partial charge is 0.295 e.